The van der Waals surface area contributed by atoms with Crippen LogP contribution in [0.5, 0.6) is 5.75 Å². The number of nitrogens with zero attached hydrogens (tertiary/aromatic N) is 1. The summed E-state index contributed by atoms with van der Waals surface area (Å²) in [4.78, 5) is 0. The summed E-state index contributed by atoms with van der Waals surface area (Å²) in [5, 5.41) is 0. The number of rotatable bonds is 4. The van der Waals surface area contributed by atoms with E-state index in [4.69, 9.17) is 4.74 Å². The molecule has 0 amide bonds. The third-order valence-corrected chi connectivity index (χ3v) is 3.53. The van der Waals surface area contributed by atoms with E-state index in [9.17, 15) is 0 Å². The first-order chi connectivity index (χ1) is 10.3. The van der Waals surface area contributed by atoms with Crippen molar-refractivity contribution in [3.63, 3.8) is 0 Å². The quantitative estimate of drug-likeness (QED) is 0.681. The van der Waals surface area contributed by atoms with Crippen LogP contribution in [0.25, 0.3) is 11.3 Å². The lowest BCUT2D eigenvalue weighted by molar-refractivity contribution is 0.415. The van der Waals surface area contributed by atoms with E-state index in [2.05, 4.69) is 35.5 Å². The third-order valence-electron chi connectivity index (χ3n) is 3.53. The Labute approximate surface area is 124 Å². The average molecular weight is 275 g/mol. The highest BCUT2D eigenvalue weighted by Gasteiger charge is 2.08. The fourth-order valence-electron chi connectivity index (χ4n) is 2.38. The topological polar surface area (TPSA) is 14.2 Å². The van der Waals surface area contributed by atoms with Gasteiger partial charge in [-0.2, -0.15) is 0 Å². The van der Waals surface area contributed by atoms with Crippen LogP contribution >= 0.6 is 0 Å². The second kappa shape index (κ2) is 5.71. The van der Waals surface area contributed by atoms with Crippen molar-refractivity contribution in [2.75, 3.05) is 7.11 Å². The molecule has 0 saturated carbocycles. The van der Waals surface area contributed by atoms with E-state index >= 15 is 0 Å². The van der Waals surface area contributed by atoms with E-state index in [1.54, 1.807) is 7.11 Å². The number of aromatic nitrogens is 1. The van der Waals surface area contributed by atoms with Crippen molar-refractivity contribution >= 4 is 5.57 Å². The molecule has 0 saturated heterocycles. The molecule has 104 valence electrons. The zero-order valence-electron chi connectivity index (χ0n) is 12.0. The largest absolute Gasteiger partial charge is 0.497 e. The van der Waals surface area contributed by atoms with Gasteiger partial charge in [0.1, 0.15) is 5.75 Å². The minimum Gasteiger partial charge on any atom is -0.497 e. The van der Waals surface area contributed by atoms with Gasteiger partial charge in [-0.15, -0.1) is 0 Å². The molecule has 0 aliphatic rings. The summed E-state index contributed by atoms with van der Waals surface area (Å²) in [6.07, 6.45) is 2.05. The summed E-state index contributed by atoms with van der Waals surface area (Å²) in [7, 11) is 1.67. The zero-order valence-corrected chi connectivity index (χ0v) is 12.0. The van der Waals surface area contributed by atoms with Gasteiger partial charge in [0.25, 0.3) is 0 Å². The van der Waals surface area contributed by atoms with Crippen LogP contribution in [0.1, 0.15) is 11.3 Å². The first-order valence-electron chi connectivity index (χ1n) is 6.86. The molecule has 3 rings (SSSR count). The molecular weight excluding hydrogens is 258 g/mol. The van der Waals surface area contributed by atoms with Gasteiger partial charge in [0.05, 0.1) is 12.8 Å². The van der Waals surface area contributed by atoms with E-state index in [0.717, 1.165) is 28.3 Å². The highest BCUT2D eigenvalue weighted by molar-refractivity contribution is 5.77. The summed E-state index contributed by atoms with van der Waals surface area (Å²) < 4.78 is 7.34. The fraction of sp³-hybridized carbons (Fsp3) is 0.0526. The van der Waals surface area contributed by atoms with Crippen molar-refractivity contribution in [2.24, 2.45) is 0 Å². The Bertz CT molecular complexity index is 739. The maximum absolute atomic E-state index is 5.20. The summed E-state index contributed by atoms with van der Waals surface area (Å²) in [6.45, 7) is 4.25. The van der Waals surface area contributed by atoms with E-state index in [0.29, 0.717) is 0 Å². The van der Waals surface area contributed by atoms with Gasteiger partial charge in [-0.25, -0.2) is 0 Å². The minimum atomic E-state index is 0.852. The summed E-state index contributed by atoms with van der Waals surface area (Å²) in [6, 6.07) is 22.4. The lowest BCUT2D eigenvalue weighted by Crippen LogP contribution is -1.98. The normalized spacial score (nSPS) is 10.3. The van der Waals surface area contributed by atoms with Crippen LogP contribution in [-0.2, 0) is 0 Å². The predicted octanol–water partition coefficient (Wildman–Crippen LogP) is 4.55. The Morgan fingerprint density at radius 2 is 1.62 bits per heavy atom. The zero-order chi connectivity index (χ0) is 14.7. The maximum atomic E-state index is 5.20. The molecule has 0 unspecified atom stereocenters. The van der Waals surface area contributed by atoms with Gasteiger partial charge in [0.2, 0.25) is 0 Å². The lowest BCUT2D eigenvalue weighted by atomic mass is 10.0. The first kappa shape index (κ1) is 13.3. The highest BCUT2D eigenvalue weighted by Crippen LogP contribution is 2.26. The van der Waals surface area contributed by atoms with Gasteiger partial charge in [-0.05, 0) is 47.5 Å². The Hall–Kier alpha value is -2.74. The molecule has 0 radical (unpaired) electrons. The molecule has 2 heteroatoms. The van der Waals surface area contributed by atoms with E-state index < -0.39 is 0 Å². The van der Waals surface area contributed by atoms with Gasteiger partial charge in [0.15, 0.2) is 0 Å². The molecule has 0 bridgehead atoms. The van der Waals surface area contributed by atoms with Crippen molar-refractivity contribution in [1.29, 1.82) is 0 Å². The van der Waals surface area contributed by atoms with Crippen molar-refractivity contribution in [3.05, 3.63) is 90.8 Å². The van der Waals surface area contributed by atoms with Crippen LogP contribution in [0.4, 0.5) is 0 Å². The predicted molar refractivity (Wildman–Crippen MR) is 86.9 cm³/mol. The van der Waals surface area contributed by atoms with Crippen molar-refractivity contribution in [3.8, 4) is 11.4 Å². The Kier molecular flexibility index (Phi) is 3.61. The highest BCUT2D eigenvalue weighted by atomic mass is 16.5. The van der Waals surface area contributed by atoms with Gasteiger partial charge in [-0.3, -0.25) is 0 Å². The molecule has 0 N–H and O–H groups in total. The van der Waals surface area contributed by atoms with Crippen LogP contribution in [0.2, 0.25) is 0 Å². The Balaban J connectivity index is 1.97. The smallest absolute Gasteiger partial charge is 0.118 e. The second-order valence-corrected chi connectivity index (χ2v) is 4.81. The number of methoxy groups -OCH3 is 1. The molecule has 21 heavy (non-hydrogen) atoms. The summed E-state index contributed by atoms with van der Waals surface area (Å²) in [5.41, 5.74) is 4.30. The van der Waals surface area contributed by atoms with Gasteiger partial charge >= 0.3 is 0 Å². The number of hydrogen-bond donors (Lipinski definition) is 0. The SMILES string of the molecule is C=C(c1ccc(OC)cc1)c1cccn1-c1ccccc1. The maximum Gasteiger partial charge on any atom is 0.118 e. The number of benzene rings is 2. The minimum absolute atomic E-state index is 0.852. The number of hydrogen-bond acceptors (Lipinski definition) is 1. The van der Waals surface area contributed by atoms with Crippen LogP contribution in [0.3, 0.4) is 0 Å². The summed E-state index contributed by atoms with van der Waals surface area (Å²) in [5.74, 6) is 0.852. The van der Waals surface area contributed by atoms with Crippen molar-refractivity contribution in [1.82, 2.24) is 4.57 Å². The van der Waals surface area contributed by atoms with E-state index in [1.165, 1.54) is 0 Å². The molecule has 2 aromatic carbocycles. The van der Waals surface area contributed by atoms with Crippen molar-refractivity contribution in [2.45, 2.75) is 0 Å². The molecular formula is C19H17NO. The van der Waals surface area contributed by atoms with Gasteiger partial charge in [0, 0.05) is 11.9 Å². The lowest BCUT2D eigenvalue weighted by Gasteiger charge is -2.12. The second-order valence-electron chi connectivity index (χ2n) is 4.81. The molecule has 0 atom stereocenters. The van der Waals surface area contributed by atoms with Gasteiger partial charge in [-0.1, -0.05) is 36.9 Å². The third kappa shape index (κ3) is 2.61. The average Bonchev–Trinajstić information content (AvgIpc) is 3.04. The molecule has 0 fully saturated rings. The molecule has 0 aliphatic heterocycles. The number of ether oxygens (including phenoxy) is 1. The van der Waals surface area contributed by atoms with E-state index in [1.807, 2.05) is 48.5 Å². The standard InChI is InChI=1S/C19H17NO/c1-15(16-10-12-18(21-2)13-11-16)19-9-6-14-20(19)17-7-4-3-5-8-17/h3-14H,1H2,2H3. The van der Waals surface area contributed by atoms with Crippen LogP contribution in [-0.4, -0.2) is 11.7 Å². The summed E-state index contributed by atoms with van der Waals surface area (Å²) >= 11 is 0. The van der Waals surface area contributed by atoms with E-state index in [-0.39, 0.29) is 0 Å². The van der Waals surface area contributed by atoms with Crippen molar-refractivity contribution < 1.29 is 4.74 Å². The van der Waals surface area contributed by atoms with Crippen LogP contribution in [0, 0.1) is 0 Å². The van der Waals surface area contributed by atoms with Crippen LogP contribution < -0.4 is 4.74 Å². The molecule has 2 nitrogen and oxygen atoms in total. The van der Waals surface area contributed by atoms with Gasteiger partial charge < -0.3 is 9.30 Å². The number of para-hydroxylation sites is 1. The fourth-order valence-corrected chi connectivity index (χ4v) is 2.38. The molecule has 0 aliphatic carbocycles. The molecule has 1 aromatic heterocycles. The Morgan fingerprint density at radius 1 is 0.905 bits per heavy atom. The van der Waals surface area contributed by atoms with Crippen LogP contribution in [0.15, 0.2) is 79.5 Å². The molecule has 1 heterocycles. The molecule has 3 aromatic rings. The first-order valence-corrected chi connectivity index (χ1v) is 6.86. The molecule has 0 spiro atoms. The monoisotopic (exact) mass is 275 g/mol. The Morgan fingerprint density at radius 3 is 2.29 bits per heavy atom.